The average Bonchev–Trinajstić information content (AvgIpc) is 2.42. The Morgan fingerprint density at radius 1 is 1.11 bits per heavy atom. The Balaban J connectivity index is 0. The maximum atomic E-state index is 5.09. The van der Waals surface area contributed by atoms with E-state index in [9.17, 15) is 0 Å². The Kier molecular flexibility index (Phi) is 16.4. The Labute approximate surface area is 114 Å². The van der Waals surface area contributed by atoms with E-state index in [0.29, 0.717) is 0 Å². The lowest BCUT2D eigenvalue weighted by Gasteiger charge is -1.97. The minimum Gasteiger partial charge on any atom is -0.497 e. The van der Waals surface area contributed by atoms with Crippen molar-refractivity contribution in [3.05, 3.63) is 29.8 Å². The van der Waals surface area contributed by atoms with Gasteiger partial charge in [-0.05, 0) is 24.6 Å². The van der Waals surface area contributed by atoms with E-state index in [4.69, 9.17) is 4.74 Å². The second-order valence-electron chi connectivity index (χ2n) is 3.49. The van der Waals surface area contributed by atoms with Gasteiger partial charge in [-0.2, -0.15) is 0 Å². The Bertz CT molecular complexity index is 331. The number of hydrogen-bond donors (Lipinski definition) is 0. The van der Waals surface area contributed by atoms with Crippen molar-refractivity contribution >= 4 is 0 Å². The average molecular weight is 248 g/mol. The minimum absolute atomic E-state index is 0.864. The van der Waals surface area contributed by atoms with Crippen molar-refractivity contribution in [2.24, 2.45) is 0 Å². The van der Waals surface area contributed by atoms with E-state index in [1.165, 1.54) is 6.42 Å². The van der Waals surface area contributed by atoms with Gasteiger partial charge in [0, 0.05) is 12.0 Å². The van der Waals surface area contributed by atoms with E-state index in [0.717, 1.165) is 24.2 Å². The van der Waals surface area contributed by atoms with Crippen LogP contribution in [-0.2, 0) is 0 Å². The molecular weight excluding hydrogens is 220 g/mol. The molecule has 0 aromatic heterocycles. The van der Waals surface area contributed by atoms with Crippen LogP contribution in [0.2, 0.25) is 0 Å². The first-order chi connectivity index (χ1) is 8.78. The number of unbranched alkanes of at least 4 members (excludes halogenated alkanes) is 1. The molecule has 0 saturated carbocycles. The summed E-state index contributed by atoms with van der Waals surface area (Å²) in [5.41, 5.74) is 1.02. The topological polar surface area (TPSA) is 9.23 Å². The van der Waals surface area contributed by atoms with Crippen molar-refractivity contribution in [3.8, 4) is 17.6 Å². The van der Waals surface area contributed by atoms with Gasteiger partial charge in [-0.25, -0.2) is 0 Å². The first-order valence-corrected chi connectivity index (χ1v) is 6.91. The summed E-state index contributed by atoms with van der Waals surface area (Å²) in [5, 5.41) is 0. The molecule has 0 heterocycles. The molecule has 0 radical (unpaired) electrons. The van der Waals surface area contributed by atoms with Gasteiger partial charge in [0.1, 0.15) is 5.75 Å². The van der Waals surface area contributed by atoms with Crippen LogP contribution in [-0.4, -0.2) is 7.11 Å². The SMILES string of the molecule is CC.CCC.CCCC#Cc1cccc(OC)c1. The summed E-state index contributed by atoms with van der Waals surface area (Å²) in [5.74, 6) is 7.05. The molecule has 0 N–H and O–H groups in total. The highest BCUT2D eigenvalue weighted by atomic mass is 16.5. The molecule has 102 valence electrons. The van der Waals surface area contributed by atoms with E-state index in [-0.39, 0.29) is 0 Å². The van der Waals surface area contributed by atoms with Crippen LogP contribution in [0.15, 0.2) is 24.3 Å². The molecule has 0 aliphatic carbocycles. The largest absolute Gasteiger partial charge is 0.497 e. The lowest BCUT2D eigenvalue weighted by atomic mass is 10.2. The molecule has 1 nitrogen and oxygen atoms in total. The molecule has 1 aromatic carbocycles. The van der Waals surface area contributed by atoms with Crippen LogP contribution in [0.4, 0.5) is 0 Å². The van der Waals surface area contributed by atoms with Crippen LogP contribution < -0.4 is 4.74 Å². The van der Waals surface area contributed by atoms with Crippen LogP contribution in [0.5, 0.6) is 5.75 Å². The number of hydrogen-bond acceptors (Lipinski definition) is 1. The third-order valence-electron chi connectivity index (χ3n) is 1.68. The van der Waals surface area contributed by atoms with Crippen molar-refractivity contribution in [1.29, 1.82) is 0 Å². The standard InChI is InChI=1S/C12H14O.C3H8.C2H6/c1-3-4-5-7-11-8-6-9-12(10-11)13-2;1-3-2;1-2/h6,8-10H,3-4H2,1-2H3;3H2,1-2H3;1-2H3. The second-order valence-corrected chi connectivity index (χ2v) is 3.49. The Hall–Kier alpha value is -1.42. The number of ether oxygens (including phenoxy) is 1. The second kappa shape index (κ2) is 15.6. The van der Waals surface area contributed by atoms with E-state index in [2.05, 4.69) is 32.6 Å². The molecule has 1 aromatic rings. The van der Waals surface area contributed by atoms with E-state index < -0.39 is 0 Å². The van der Waals surface area contributed by atoms with Crippen LogP contribution in [0.1, 0.15) is 59.4 Å². The summed E-state index contributed by atoms with van der Waals surface area (Å²) in [4.78, 5) is 0. The van der Waals surface area contributed by atoms with Gasteiger partial charge in [0.15, 0.2) is 0 Å². The summed E-state index contributed by atoms with van der Waals surface area (Å²) >= 11 is 0. The van der Waals surface area contributed by atoms with Gasteiger partial charge in [0.05, 0.1) is 7.11 Å². The number of rotatable bonds is 2. The van der Waals surface area contributed by atoms with Crippen molar-refractivity contribution in [3.63, 3.8) is 0 Å². The fourth-order valence-electron chi connectivity index (χ4n) is 0.990. The summed E-state index contributed by atoms with van der Waals surface area (Å²) in [6, 6.07) is 7.81. The van der Waals surface area contributed by atoms with Gasteiger partial charge in [0.2, 0.25) is 0 Å². The summed E-state index contributed by atoms with van der Waals surface area (Å²) in [6.07, 6.45) is 3.31. The van der Waals surface area contributed by atoms with Gasteiger partial charge in [-0.15, -0.1) is 0 Å². The van der Waals surface area contributed by atoms with E-state index >= 15 is 0 Å². The molecular formula is C17H28O. The quantitative estimate of drug-likeness (QED) is 0.646. The Morgan fingerprint density at radius 2 is 1.72 bits per heavy atom. The molecule has 0 aliphatic heterocycles. The smallest absolute Gasteiger partial charge is 0.120 e. The lowest BCUT2D eigenvalue weighted by Crippen LogP contribution is -1.82. The monoisotopic (exact) mass is 248 g/mol. The zero-order valence-electron chi connectivity index (χ0n) is 12.8. The van der Waals surface area contributed by atoms with Crippen LogP contribution in [0.3, 0.4) is 0 Å². The summed E-state index contributed by atoms with van der Waals surface area (Å²) < 4.78 is 5.09. The highest BCUT2D eigenvalue weighted by Crippen LogP contribution is 2.11. The first-order valence-electron chi connectivity index (χ1n) is 6.91. The van der Waals surface area contributed by atoms with Gasteiger partial charge in [0.25, 0.3) is 0 Å². The first kappa shape index (κ1) is 18.9. The van der Waals surface area contributed by atoms with Crippen LogP contribution in [0.25, 0.3) is 0 Å². The van der Waals surface area contributed by atoms with Crippen LogP contribution in [0, 0.1) is 11.8 Å². The molecule has 0 amide bonds. The fourth-order valence-corrected chi connectivity index (χ4v) is 0.990. The van der Waals surface area contributed by atoms with Gasteiger partial charge in [-0.1, -0.05) is 58.9 Å². The van der Waals surface area contributed by atoms with Gasteiger partial charge < -0.3 is 4.74 Å². The molecule has 18 heavy (non-hydrogen) atoms. The molecule has 0 saturated heterocycles. The molecule has 0 atom stereocenters. The van der Waals surface area contributed by atoms with Crippen molar-refractivity contribution in [2.75, 3.05) is 7.11 Å². The minimum atomic E-state index is 0.864. The predicted molar refractivity (Wildman–Crippen MR) is 82.1 cm³/mol. The highest BCUT2D eigenvalue weighted by molar-refractivity contribution is 5.39. The molecule has 1 rings (SSSR count). The van der Waals surface area contributed by atoms with Gasteiger partial charge in [-0.3, -0.25) is 0 Å². The maximum Gasteiger partial charge on any atom is 0.120 e. The van der Waals surface area contributed by atoms with Crippen LogP contribution >= 0.6 is 0 Å². The Morgan fingerprint density at radius 3 is 2.22 bits per heavy atom. The number of benzene rings is 1. The molecule has 1 heteroatoms. The zero-order chi connectivity index (χ0) is 14.2. The molecule has 0 spiro atoms. The highest BCUT2D eigenvalue weighted by Gasteiger charge is 1.90. The molecule has 0 bridgehead atoms. The van der Waals surface area contributed by atoms with Gasteiger partial charge >= 0.3 is 0 Å². The van der Waals surface area contributed by atoms with Crippen molar-refractivity contribution in [2.45, 2.75) is 53.9 Å². The maximum absolute atomic E-state index is 5.09. The zero-order valence-corrected chi connectivity index (χ0v) is 12.8. The molecule has 0 aliphatic rings. The summed E-state index contributed by atoms with van der Waals surface area (Å²) in [7, 11) is 1.67. The molecule has 0 unspecified atom stereocenters. The predicted octanol–water partition coefficient (Wildman–Crippen LogP) is 5.29. The normalized spacial score (nSPS) is 7.67. The van der Waals surface area contributed by atoms with E-state index in [1.54, 1.807) is 7.11 Å². The fraction of sp³-hybridized carbons (Fsp3) is 0.529. The third kappa shape index (κ3) is 11.1. The molecule has 0 fully saturated rings. The summed E-state index contributed by atoms with van der Waals surface area (Å²) in [6.45, 7) is 10.4. The lowest BCUT2D eigenvalue weighted by molar-refractivity contribution is 0.414. The van der Waals surface area contributed by atoms with Crippen molar-refractivity contribution < 1.29 is 4.74 Å². The number of methoxy groups -OCH3 is 1. The van der Waals surface area contributed by atoms with E-state index in [1.807, 2.05) is 38.1 Å². The van der Waals surface area contributed by atoms with Crippen molar-refractivity contribution in [1.82, 2.24) is 0 Å². The third-order valence-corrected chi connectivity index (χ3v) is 1.68.